The molecule has 1 atom stereocenters. The van der Waals surface area contributed by atoms with Crippen LogP contribution in [0.1, 0.15) is 31.4 Å². The molecule has 1 N–H and O–H groups in total. The lowest BCUT2D eigenvalue weighted by Crippen LogP contribution is -2.29. The second kappa shape index (κ2) is 4.78. The van der Waals surface area contributed by atoms with E-state index in [1.54, 1.807) is 0 Å². The first-order valence-corrected chi connectivity index (χ1v) is 5.58. The second-order valence-corrected chi connectivity index (χ2v) is 3.92. The highest BCUT2D eigenvalue weighted by molar-refractivity contribution is 5.40. The lowest BCUT2D eigenvalue weighted by Gasteiger charge is -2.27. The van der Waals surface area contributed by atoms with Crippen molar-refractivity contribution in [3.05, 3.63) is 29.3 Å². The van der Waals surface area contributed by atoms with Gasteiger partial charge in [-0.2, -0.15) is 0 Å². The molecule has 0 saturated carbocycles. The summed E-state index contributed by atoms with van der Waals surface area (Å²) in [5, 5.41) is 3.21. The Labute approximate surface area is 93.6 Å². The van der Waals surface area contributed by atoms with Gasteiger partial charge in [-0.3, -0.25) is 0 Å². The molecule has 1 aromatic rings. The van der Waals surface area contributed by atoms with E-state index in [9.17, 15) is 8.78 Å². The monoisotopic (exact) mass is 227 g/mol. The van der Waals surface area contributed by atoms with Gasteiger partial charge in [-0.25, -0.2) is 8.78 Å². The maximum absolute atomic E-state index is 13.6. The number of nitrogens with one attached hydrogen (secondary N) is 1. The van der Waals surface area contributed by atoms with Gasteiger partial charge >= 0.3 is 0 Å². The number of rotatable bonds is 3. The van der Waals surface area contributed by atoms with E-state index < -0.39 is 11.6 Å². The maximum atomic E-state index is 13.6. The lowest BCUT2D eigenvalue weighted by atomic mass is 9.99. The van der Waals surface area contributed by atoms with Crippen molar-refractivity contribution >= 4 is 0 Å². The number of ether oxygens (including phenoxy) is 1. The van der Waals surface area contributed by atoms with E-state index in [1.807, 2.05) is 6.92 Å². The number of benzene rings is 1. The molecule has 0 amide bonds. The SMILES string of the molecule is CCCNC1CCOc2c(F)ccc(F)c21. The van der Waals surface area contributed by atoms with Gasteiger partial charge in [0.1, 0.15) is 5.82 Å². The quantitative estimate of drug-likeness (QED) is 0.857. The third kappa shape index (κ3) is 2.02. The van der Waals surface area contributed by atoms with Crippen molar-refractivity contribution in [1.82, 2.24) is 5.32 Å². The predicted octanol–water partition coefficient (Wildman–Crippen LogP) is 2.79. The van der Waals surface area contributed by atoms with Crippen LogP contribution in [0.4, 0.5) is 8.78 Å². The minimum Gasteiger partial charge on any atom is -0.490 e. The molecular formula is C12H15F2NO. The predicted molar refractivity (Wildman–Crippen MR) is 57.5 cm³/mol. The highest BCUT2D eigenvalue weighted by Gasteiger charge is 2.27. The van der Waals surface area contributed by atoms with Crippen molar-refractivity contribution in [3.8, 4) is 5.75 Å². The van der Waals surface area contributed by atoms with Crippen molar-refractivity contribution in [2.24, 2.45) is 0 Å². The molecule has 2 nitrogen and oxygen atoms in total. The van der Waals surface area contributed by atoms with Crippen LogP contribution in [0.5, 0.6) is 5.75 Å². The normalized spacial score (nSPS) is 19.1. The standard InChI is InChI=1S/C12H15F2NO/c1-2-6-15-10-5-7-16-12-9(14)4-3-8(13)11(10)12/h3-4,10,15H,2,5-7H2,1H3. The molecule has 1 heterocycles. The van der Waals surface area contributed by atoms with Crippen LogP contribution in [0.15, 0.2) is 12.1 Å². The molecule has 0 radical (unpaired) electrons. The van der Waals surface area contributed by atoms with E-state index in [1.165, 1.54) is 0 Å². The Bertz CT molecular complexity index is 382. The number of halogens is 2. The highest BCUT2D eigenvalue weighted by Crippen LogP contribution is 2.36. The number of hydrogen-bond acceptors (Lipinski definition) is 2. The molecule has 0 fully saturated rings. The molecule has 4 heteroatoms. The molecular weight excluding hydrogens is 212 g/mol. The molecule has 0 aromatic heterocycles. The molecule has 16 heavy (non-hydrogen) atoms. The molecule has 1 aromatic carbocycles. The number of hydrogen-bond donors (Lipinski definition) is 1. The van der Waals surface area contributed by atoms with Gasteiger partial charge in [0.05, 0.1) is 6.61 Å². The van der Waals surface area contributed by atoms with Gasteiger partial charge in [0, 0.05) is 18.0 Å². The zero-order chi connectivity index (χ0) is 11.5. The van der Waals surface area contributed by atoms with Crippen molar-refractivity contribution in [2.45, 2.75) is 25.8 Å². The number of fused-ring (bicyclic) bond motifs is 1. The zero-order valence-electron chi connectivity index (χ0n) is 9.22. The van der Waals surface area contributed by atoms with Gasteiger partial charge in [-0.1, -0.05) is 6.92 Å². The van der Waals surface area contributed by atoms with Crippen LogP contribution in [-0.2, 0) is 0 Å². The summed E-state index contributed by atoms with van der Waals surface area (Å²) in [4.78, 5) is 0. The summed E-state index contributed by atoms with van der Waals surface area (Å²) in [6.07, 6.45) is 1.64. The lowest BCUT2D eigenvalue weighted by molar-refractivity contribution is 0.235. The Kier molecular flexibility index (Phi) is 3.39. The first kappa shape index (κ1) is 11.3. The Morgan fingerprint density at radius 1 is 1.38 bits per heavy atom. The van der Waals surface area contributed by atoms with Gasteiger partial charge < -0.3 is 10.1 Å². The first-order valence-electron chi connectivity index (χ1n) is 5.58. The molecule has 0 bridgehead atoms. The van der Waals surface area contributed by atoms with Crippen LogP contribution < -0.4 is 10.1 Å². The Morgan fingerprint density at radius 2 is 2.12 bits per heavy atom. The highest BCUT2D eigenvalue weighted by atomic mass is 19.1. The van der Waals surface area contributed by atoms with Gasteiger partial charge in [0.25, 0.3) is 0 Å². The zero-order valence-corrected chi connectivity index (χ0v) is 9.22. The molecule has 0 saturated heterocycles. The van der Waals surface area contributed by atoms with Crippen LogP contribution in [0, 0.1) is 11.6 Å². The summed E-state index contributed by atoms with van der Waals surface area (Å²) in [5.74, 6) is -0.816. The molecule has 1 aliphatic rings. The third-order valence-electron chi connectivity index (χ3n) is 2.74. The molecule has 0 spiro atoms. The molecule has 2 rings (SSSR count). The van der Waals surface area contributed by atoms with E-state index in [4.69, 9.17) is 4.74 Å². The Hall–Kier alpha value is -1.16. The molecule has 1 aliphatic heterocycles. The second-order valence-electron chi connectivity index (χ2n) is 3.92. The average molecular weight is 227 g/mol. The van der Waals surface area contributed by atoms with Crippen LogP contribution in [0.3, 0.4) is 0 Å². The minimum absolute atomic E-state index is 0.0693. The summed E-state index contributed by atoms with van der Waals surface area (Å²) in [5.41, 5.74) is 0.333. The van der Waals surface area contributed by atoms with E-state index in [0.717, 1.165) is 25.1 Å². The van der Waals surface area contributed by atoms with E-state index in [0.29, 0.717) is 18.6 Å². The Morgan fingerprint density at radius 3 is 2.88 bits per heavy atom. The maximum Gasteiger partial charge on any atom is 0.165 e. The molecule has 0 aliphatic carbocycles. The summed E-state index contributed by atoms with van der Waals surface area (Å²) in [6, 6.07) is 2.12. The summed E-state index contributed by atoms with van der Waals surface area (Å²) < 4.78 is 32.3. The fraction of sp³-hybridized carbons (Fsp3) is 0.500. The van der Waals surface area contributed by atoms with Gasteiger partial charge in [-0.15, -0.1) is 0 Å². The Balaban J connectivity index is 2.33. The van der Waals surface area contributed by atoms with E-state index >= 15 is 0 Å². The molecule has 88 valence electrons. The van der Waals surface area contributed by atoms with Crippen molar-refractivity contribution in [1.29, 1.82) is 0 Å². The summed E-state index contributed by atoms with van der Waals surface area (Å²) >= 11 is 0. The molecule has 1 unspecified atom stereocenters. The largest absolute Gasteiger partial charge is 0.490 e. The van der Waals surface area contributed by atoms with Crippen LogP contribution >= 0.6 is 0 Å². The van der Waals surface area contributed by atoms with Crippen LogP contribution in [0.2, 0.25) is 0 Å². The smallest absolute Gasteiger partial charge is 0.165 e. The van der Waals surface area contributed by atoms with E-state index in [-0.39, 0.29) is 11.8 Å². The summed E-state index contributed by atoms with van der Waals surface area (Å²) in [7, 11) is 0. The minimum atomic E-state index is -0.487. The van der Waals surface area contributed by atoms with E-state index in [2.05, 4.69) is 5.32 Å². The summed E-state index contributed by atoms with van der Waals surface area (Å²) in [6.45, 7) is 3.25. The topological polar surface area (TPSA) is 21.3 Å². The van der Waals surface area contributed by atoms with Crippen LogP contribution in [0.25, 0.3) is 0 Å². The fourth-order valence-corrected chi connectivity index (χ4v) is 1.97. The van der Waals surface area contributed by atoms with Crippen molar-refractivity contribution < 1.29 is 13.5 Å². The van der Waals surface area contributed by atoms with Crippen molar-refractivity contribution in [2.75, 3.05) is 13.2 Å². The average Bonchev–Trinajstić information content (AvgIpc) is 2.31. The van der Waals surface area contributed by atoms with Gasteiger partial charge in [0.2, 0.25) is 0 Å². The van der Waals surface area contributed by atoms with Gasteiger partial charge in [-0.05, 0) is 25.1 Å². The third-order valence-corrected chi connectivity index (χ3v) is 2.74. The van der Waals surface area contributed by atoms with Gasteiger partial charge in [0.15, 0.2) is 11.6 Å². The first-order chi connectivity index (χ1) is 7.74. The van der Waals surface area contributed by atoms with Crippen LogP contribution in [-0.4, -0.2) is 13.2 Å². The van der Waals surface area contributed by atoms with Crippen molar-refractivity contribution in [3.63, 3.8) is 0 Å². The fourth-order valence-electron chi connectivity index (χ4n) is 1.97.